The second kappa shape index (κ2) is 9.43. The van der Waals surface area contributed by atoms with Crippen LogP contribution in [0.5, 0.6) is 11.5 Å². The van der Waals surface area contributed by atoms with E-state index in [-0.39, 0.29) is 5.91 Å². The van der Waals surface area contributed by atoms with Crippen LogP contribution in [-0.2, 0) is 14.3 Å². The Labute approximate surface area is 159 Å². The molecule has 0 bridgehead atoms. The van der Waals surface area contributed by atoms with Gasteiger partial charge in [0.05, 0.1) is 14.2 Å². The van der Waals surface area contributed by atoms with E-state index in [1.54, 1.807) is 50.4 Å². The molecule has 0 fully saturated rings. The van der Waals surface area contributed by atoms with Crippen LogP contribution in [0, 0.1) is 0 Å². The van der Waals surface area contributed by atoms with Crippen molar-refractivity contribution in [2.24, 2.45) is 0 Å². The predicted octanol–water partition coefficient (Wildman–Crippen LogP) is 3.31. The van der Waals surface area contributed by atoms with Crippen LogP contribution in [0.25, 0.3) is 6.08 Å². The highest BCUT2D eigenvalue weighted by Crippen LogP contribution is 2.31. The topological polar surface area (TPSA) is 65.1 Å². The molecule has 0 saturated heterocycles. The molecule has 0 aliphatic rings. The third kappa shape index (κ3) is 5.10. The maximum Gasteiger partial charge on any atom is 0.331 e. The lowest BCUT2D eigenvalue weighted by atomic mass is 10.1. The van der Waals surface area contributed by atoms with E-state index >= 15 is 0 Å². The molecule has 142 valence electrons. The van der Waals surface area contributed by atoms with Gasteiger partial charge < -0.3 is 19.1 Å². The summed E-state index contributed by atoms with van der Waals surface area (Å²) in [5.41, 5.74) is 1.39. The first-order valence-corrected chi connectivity index (χ1v) is 8.40. The number of ether oxygens (including phenoxy) is 3. The molecule has 6 heteroatoms. The second-order valence-electron chi connectivity index (χ2n) is 5.73. The molecule has 1 atom stereocenters. The number of rotatable bonds is 7. The zero-order valence-corrected chi connectivity index (χ0v) is 15.8. The molecule has 2 aromatic rings. The van der Waals surface area contributed by atoms with Crippen LogP contribution in [-0.4, -0.2) is 39.2 Å². The zero-order chi connectivity index (χ0) is 19.8. The van der Waals surface area contributed by atoms with E-state index in [1.165, 1.54) is 25.2 Å². The summed E-state index contributed by atoms with van der Waals surface area (Å²) in [6.07, 6.45) is 1.89. The number of carbonyl (C=O) groups excluding carboxylic acids is 2. The molecule has 0 heterocycles. The van der Waals surface area contributed by atoms with Gasteiger partial charge in [0.1, 0.15) is 0 Å². The van der Waals surface area contributed by atoms with Crippen molar-refractivity contribution in [2.75, 3.05) is 26.2 Å². The van der Waals surface area contributed by atoms with Crippen molar-refractivity contribution >= 4 is 23.6 Å². The standard InChI is InChI=1S/C21H23NO5/c1-15(21(24)22(2)17-10-6-5-7-11-17)27-19(23)14-13-16-9-8-12-18(25-3)20(16)26-4/h5-15H,1-4H3/b14-13+. The minimum Gasteiger partial charge on any atom is -0.493 e. The number of nitrogens with zero attached hydrogens (tertiary/aromatic N) is 1. The number of anilines is 1. The highest BCUT2D eigenvalue weighted by Gasteiger charge is 2.21. The Morgan fingerprint density at radius 1 is 1.00 bits per heavy atom. The predicted molar refractivity (Wildman–Crippen MR) is 104 cm³/mol. The first-order valence-electron chi connectivity index (χ1n) is 8.40. The lowest BCUT2D eigenvalue weighted by Gasteiger charge is -2.21. The van der Waals surface area contributed by atoms with E-state index in [9.17, 15) is 9.59 Å². The SMILES string of the molecule is COc1cccc(/C=C/C(=O)OC(C)C(=O)N(C)c2ccccc2)c1OC. The summed E-state index contributed by atoms with van der Waals surface area (Å²) in [6.45, 7) is 1.54. The van der Waals surface area contributed by atoms with E-state index in [0.29, 0.717) is 17.1 Å². The minimum absolute atomic E-state index is 0.318. The summed E-state index contributed by atoms with van der Waals surface area (Å²) in [6, 6.07) is 14.5. The fourth-order valence-corrected chi connectivity index (χ4v) is 2.52. The summed E-state index contributed by atoms with van der Waals surface area (Å²) in [5.74, 6) is 0.127. The number of likely N-dealkylation sites (N-methyl/N-ethyl adjacent to an activating group) is 1. The zero-order valence-electron chi connectivity index (χ0n) is 15.8. The van der Waals surface area contributed by atoms with Crippen molar-refractivity contribution in [1.82, 2.24) is 0 Å². The van der Waals surface area contributed by atoms with E-state index in [2.05, 4.69) is 0 Å². The third-order valence-electron chi connectivity index (χ3n) is 3.95. The number of hydrogen-bond donors (Lipinski definition) is 0. The number of hydrogen-bond acceptors (Lipinski definition) is 5. The molecule has 2 rings (SSSR count). The van der Waals surface area contributed by atoms with E-state index in [4.69, 9.17) is 14.2 Å². The van der Waals surface area contributed by atoms with Gasteiger partial charge in [0.25, 0.3) is 5.91 Å². The Bertz CT molecular complexity index is 817. The summed E-state index contributed by atoms with van der Waals surface area (Å²) in [5, 5.41) is 0. The van der Waals surface area contributed by atoms with Crippen LogP contribution in [0.4, 0.5) is 5.69 Å². The molecule has 2 aromatic carbocycles. The van der Waals surface area contributed by atoms with Gasteiger partial charge in [0.15, 0.2) is 17.6 Å². The van der Waals surface area contributed by atoms with Gasteiger partial charge in [-0.05, 0) is 31.2 Å². The second-order valence-corrected chi connectivity index (χ2v) is 5.73. The normalized spacial score (nSPS) is 11.7. The molecule has 0 aliphatic carbocycles. The molecular weight excluding hydrogens is 346 g/mol. The smallest absolute Gasteiger partial charge is 0.331 e. The summed E-state index contributed by atoms with van der Waals surface area (Å²) in [4.78, 5) is 26.0. The molecule has 0 spiro atoms. The van der Waals surface area contributed by atoms with Gasteiger partial charge in [-0.25, -0.2) is 4.79 Å². The Balaban J connectivity index is 2.03. The van der Waals surface area contributed by atoms with E-state index in [1.807, 2.05) is 18.2 Å². The van der Waals surface area contributed by atoms with Crippen LogP contribution >= 0.6 is 0 Å². The number of benzene rings is 2. The van der Waals surface area contributed by atoms with Crippen LogP contribution in [0.1, 0.15) is 12.5 Å². The highest BCUT2D eigenvalue weighted by molar-refractivity contribution is 5.98. The van der Waals surface area contributed by atoms with Gasteiger partial charge >= 0.3 is 5.97 Å². The Morgan fingerprint density at radius 2 is 1.70 bits per heavy atom. The highest BCUT2D eigenvalue weighted by atomic mass is 16.5. The fourth-order valence-electron chi connectivity index (χ4n) is 2.52. The van der Waals surface area contributed by atoms with Crippen molar-refractivity contribution in [2.45, 2.75) is 13.0 Å². The number of methoxy groups -OCH3 is 2. The largest absolute Gasteiger partial charge is 0.493 e. The van der Waals surface area contributed by atoms with Gasteiger partial charge in [-0.3, -0.25) is 4.79 Å². The van der Waals surface area contributed by atoms with Crippen molar-refractivity contribution in [1.29, 1.82) is 0 Å². The Hall–Kier alpha value is -3.28. The summed E-state index contributed by atoms with van der Waals surface area (Å²) >= 11 is 0. The lowest BCUT2D eigenvalue weighted by molar-refractivity contribution is -0.148. The average molecular weight is 369 g/mol. The molecule has 1 unspecified atom stereocenters. The van der Waals surface area contributed by atoms with Crippen molar-refractivity contribution in [3.8, 4) is 11.5 Å². The number of carbonyl (C=O) groups is 2. The maximum atomic E-state index is 12.4. The third-order valence-corrected chi connectivity index (χ3v) is 3.95. The quantitative estimate of drug-likeness (QED) is 0.553. The number of amides is 1. The van der Waals surface area contributed by atoms with Crippen LogP contribution in [0.2, 0.25) is 0 Å². The number of para-hydroxylation sites is 2. The van der Waals surface area contributed by atoms with Gasteiger partial charge in [-0.1, -0.05) is 30.3 Å². The van der Waals surface area contributed by atoms with Crippen molar-refractivity contribution in [3.63, 3.8) is 0 Å². The molecular formula is C21H23NO5. The molecule has 0 radical (unpaired) electrons. The fraction of sp³-hybridized carbons (Fsp3) is 0.238. The van der Waals surface area contributed by atoms with E-state index in [0.717, 1.165) is 5.69 Å². The molecule has 0 aliphatic heterocycles. The Morgan fingerprint density at radius 3 is 2.33 bits per heavy atom. The van der Waals surface area contributed by atoms with Gasteiger partial charge in [-0.2, -0.15) is 0 Å². The molecule has 1 amide bonds. The molecule has 27 heavy (non-hydrogen) atoms. The van der Waals surface area contributed by atoms with Crippen molar-refractivity contribution < 1.29 is 23.8 Å². The molecule has 0 N–H and O–H groups in total. The van der Waals surface area contributed by atoms with Gasteiger partial charge in [0.2, 0.25) is 0 Å². The first kappa shape index (κ1) is 20.0. The average Bonchev–Trinajstić information content (AvgIpc) is 2.71. The van der Waals surface area contributed by atoms with Crippen LogP contribution < -0.4 is 14.4 Å². The van der Waals surface area contributed by atoms with Gasteiger partial charge in [0, 0.05) is 24.4 Å². The monoisotopic (exact) mass is 369 g/mol. The molecule has 6 nitrogen and oxygen atoms in total. The van der Waals surface area contributed by atoms with Crippen molar-refractivity contribution in [3.05, 3.63) is 60.2 Å². The maximum absolute atomic E-state index is 12.4. The van der Waals surface area contributed by atoms with Crippen LogP contribution in [0.15, 0.2) is 54.6 Å². The summed E-state index contributed by atoms with van der Waals surface area (Å²) < 4.78 is 15.8. The summed E-state index contributed by atoms with van der Waals surface area (Å²) in [7, 11) is 4.70. The van der Waals surface area contributed by atoms with E-state index < -0.39 is 12.1 Å². The number of esters is 1. The lowest BCUT2D eigenvalue weighted by Crippen LogP contribution is -2.37. The molecule has 0 saturated carbocycles. The Kier molecular flexibility index (Phi) is 7.00. The first-order chi connectivity index (χ1) is 13.0. The van der Waals surface area contributed by atoms with Gasteiger partial charge in [-0.15, -0.1) is 0 Å². The molecule has 0 aromatic heterocycles. The van der Waals surface area contributed by atoms with Crippen LogP contribution in [0.3, 0.4) is 0 Å². The minimum atomic E-state index is -0.917.